The highest BCUT2D eigenvalue weighted by molar-refractivity contribution is 9.10. The molecule has 1 rings (SSSR count). The number of halogens is 1. The minimum atomic E-state index is -0.908. The summed E-state index contributed by atoms with van der Waals surface area (Å²) in [4.78, 5) is 24.3. The van der Waals surface area contributed by atoms with Gasteiger partial charge in [-0.15, -0.1) is 0 Å². The van der Waals surface area contributed by atoms with Crippen molar-refractivity contribution in [3.05, 3.63) is 34.3 Å². The maximum Gasteiger partial charge on any atom is 0.317 e. The zero-order valence-corrected chi connectivity index (χ0v) is 15.0. The molecule has 22 heavy (non-hydrogen) atoms. The lowest BCUT2D eigenvalue weighted by Crippen LogP contribution is -2.45. The van der Waals surface area contributed by atoms with Gasteiger partial charge in [-0.25, -0.2) is 4.79 Å². The molecule has 0 heterocycles. The van der Waals surface area contributed by atoms with Gasteiger partial charge in [0.15, 0.2) is 0 Å². The Hall–Kier alpha value is -1.56. The molecule has 1 aromatic carbocycles. The van der Waals surface area contributed by atoms with Crippen LogP contribution in [0.1, 0.15) is 26.3 Å². The number of nitrogens with zero attached hydrogens (tertiary/aromatic N) is 1. The van der Waals surface area contributed by atoms with E-state index in [9.17, 15) is 9.59 Å². The maximum absolute atomic E-state index is 12.0. The van der Waals surface area contributed by atoms with E-state index in [0.717, 1.165) is 10.0 Å². The van der Waals surface area contributed by atoms with Crippen LogP contribution in [0.25, 0.3) is 0 Å². The average Bonchev–Trinajstić information content (AvgIpc) is 2.45. The van der Waals surface area contributed by atoms with Gasteiger partial charge < -0.3 is 15.3 Å². The van der Waals surface area contributed by atoms with E-state index in [2.05, 4.69) is 35.1 Å². The number of nitrogens with one attached hydrogen (secondary N) is 1. The Labute approximate surface area is 139 Å². The lowest BCUT2D eigenvalue weighted by molar-refractivity contribution is -0.141. The third kappa shape index (κ3) is 5.33. The van der Waals surface area contributed by atoms with Gasteiger partial charge in [0, 0.05) is 30.0 Å². The van der Waals surface area contributed by atoms with Crippen molar-refractivity contribution in [2.24, 2.45) is 5.92 Å². The molecule has 1 aromatic rings. The van der Waals surface area contributed by atoms with Crippen LogP contribution in [0.5, 0.6) is 0 Å². The normalized spacial score (nSPS) is 12.6. The van der Waals surface area contributed by atoms with Gasteiger partial charge in [0.05, 0.1) is 5.92 Å². The Balaban J connectivity index is 2.58. The largest absolute Gasteiger partial charge is 0.481 e. The Morgan fingerprint density at radius 3 is 2.36 bits per heavy atom. The molecule has 0 spiro atoms. The van der Waals surface area contributed by atoms with Crippen molar-refractivity contribution in [1.82, 2.24) is 10.2 Å². The lowest BCUT2D eigenvalue weighted by atomic mass is 9.85. The Kier molecular flexibility index (Phi) is 6.41. The summed E-state index contributed by atoms with van der Waals surface area (Å²) < 4.78 is 1.01. The van der Waals surface area contributed by atoms with Crippen LogP contribution in [0.4, 0.5) is 4.79 Å². The number of aliphatic carboxylic acids is 1. The predicted molar refractivity (Wildman–Crippen MR) is 90.0 cm³/mol. The molecule has 0 fully saturated rings. The third-order valence-corrected chi connectivity index (χ3v) is 4.15. The van der Waals surface area contributed by atoms with Gasteiger partial charge in [-0.1, -0.05) is 48.8 Å². The van der Waals surface area contributed by atoms with Crippen molar-refractivity contribution in [1.29, 1.82) is 0 Å². The number of benzene rings is 1. The van der Waals surface area contributed by atoms with Crippen LogP contribution >= 0.6 is 15.9 Å². The predicted octanol–water partition coefficient (Wildman–Crippen LogP) is 3.09. The highest BCUT2D eigenvalue weighted by atomic mass is 79.9. The minimum Gasteiger partial charge on any atom is -0.481 e. The topological polar surface area (TPSA) is 69.6 Å². The molecule has 0 aliphatic heterocycles. The molecule has 122 valence electrons. The monoisotopic (exact) mass is 370 g/mol. The number of amides is 2. The molecule has 0 aliphatic rings. The highest BCUT2D eigenvalue weighted by Crippen LogP contribution is 2.24. The molecule has 0 aliphatic carbocycles. The van der Waals surface area contributed by atoms with Crippen molar-refractivity contribution >= 4 is 27.9 Å². The van der Waals surface area contributed by atoms with Crippen molar-refractivity contribution in [3.8, 4) is 0 Å². The Bertz CT molecular complexity index is 529. The van der Waals surface area contributed by atoms with E-state index < -0.39 is 11.9 Å². The second kappa shape index (κ2) is 7.63. The summed E-state index contributed by atoms with van der Waals surface area (Å²) in [6, 6.07) is 7.72. The molecule has 1 unspecified atom stereocenters. The van der Waals surface area contributed by atoms with E-state index in [-0.39, 0.29) is 18.0 Å². The summed E-state index contributed by atoms with van der Waals surface area (Å²) in [5, 5.41) is 11.7. The van der Waals surface area contributed by atoms with Gasteiger partial charge in [0.1, 0.15) is 0 Å². The maximum atomic E-state index is 12.0. The van der Waals surface area contributed by atoms with Crippen LogP contribution in [-0.4, -0.2) is 42.1 Å². The third-order valence-electron chi connectivity index (χ3n) is 3.62. The van der Waals surface area contributed by atoms with Gasteiger partial charge in [0.2, 0.25) is 0 Å². The van der Waals surface area contributed by atoms with Crippen LogP contribution in [0, 0.1) is 5.92 Å². The number of urea groups is 1. The second-order valence-electron chi connectivity index (χ2n) is 6.17. The smallest absolute Gasteiger partial charge is 0.317 e. The van der Waals surface area contributed by atoms with Gasteiger partial charge >= 0.3 is 12.0 Å². The van der Waals surface area contributed by atoms with Crippen molar-refractivity contribution in [3.63, 3.8) is 0 Å². The van der Waals surface area contributed by atoms with E-state index in [4.69, 9.17) is 5.11 Å². The first-order valence-electron chi connectivity index (χ1n) is 7.11. The number of hydrogen-bond donors (Lipinski definition) is 2. The Morgan fingerprint density at radius 2 is 1.86 bits per heavy atom. The van der Waals surface area contributed by atoms with Crippen molar-refractivity contribution in [2.45, 2.75) is 26.2 Å². The molecular formula is C16H23BrN2O3. The molecule has 2 N–H and O–H groups in total. The molecule has 1 atom stereocenters. The first kappa shape index (κ1) is 18.5. The first-order chi connectivity index (χ1) is 10.1. The molecular weight excluding hydrogens is 348 g/mol. The summed E-state index contributed by atoms with van der Waals surface area (Å²) in [6.07, 6.45) is 0. The molecule has 0 aromatic heterocycles. The minimum absolute atomic E-state index is 0.180. The summed E-state index contributed by atoms with van der Waals surface area (Å²) in [5.74, 6) is -1.50. The fourth-order valence-electron chi connectivity index (χ4n) is 2.01. The van der Waals surface area contributed by atoms with Crippen molar-refractivity contribution in [2.75, 3.05) is 20.1 Å². The van der Waals surface area contributed by atoms with E-state index in [0.29, 0.717) is 6.54 Å². The number of carboxylic acid groups (broad SMARTS) is 1. The zero-order chi connectivity index (χ0) is 16.9. The van der Waals surface area contributed by atoms with E-state index in [1.54, 1.807) is 14.0 Å². The van der Waals surface area contributed by atoms with Gasteiger partial charge in [-0.05, 0) is 17.7 Å². The summed E-state index contributed by atoms with van der Waals surface area (Å²) in [5.41, 5.74) is 0.910. The Morgan fingerprint density at radius 1 is 1.32 bits per heavy atom. The standard InChI is InChI=1S/C16H23BrN2O3/c1-11(14(20)21)9-19(4)15(22)18-10-16(2,3)12-5-7-13(17)8-6-12/h5-8,11H,9-10H2,1-4H3,(H,18,22)(H,20,21). The number of carbonyl (C=O) groups excluding carboxylic acids is 1. The number of carboxylic acids is 1. The van der Waals surface area contributed by atoms with Gasteiger partial charge in [0.25, 0.3) is 0 Å². The number of carbonyl (C=O) groups is 2. The van der Waals surface area contributed by atoms with Gasteiger partial charge in [-0.2, -0.15) is 0 Å². The van der Waals surface area contributed by atoms with E-state index in [1.807, 2.05) is 24.3 Å². The highest BCUT2D eigenvalue weighted by Gasteiger charge is 2.23. The molecule has 2 amide bonds. The average molecular weight is 371 g/mol. The SMILES string of the molecule is CC(CN(C)C(=O)NCC(C)(C)c1ccc(Br)cc1)C(=O)O. The molecule has 0 saturated carbocycles. The molecule has 0 saturated heterocycles. The number of rotatable bonds is 6. The molecule has 6 heteroatoms. The van der Waals surface area contributed by atoms with Crippen LogP contribution in [0.3, 0.4) is 0 Å². The number of hydrogen-bond acceptors (Lipinski definition) is 2. The van der Waals surface area contributed by atoms with Crippen molar-refractivity contribution < 1.29 is 14.7 Å². The van der Waals surface area contributed by atoms with Crippen LogP contribution in [-0.2, 0) is 10.2 Å². The lowest BCUT2D eigenvalue weighted by Gasteiger charge is -2.28. The van der Waals surface area contributed by atoms with Crippen LogP contribution in [0.2, 0.25) is 0 Å². The summed E-state index contributed by atoms with van der Waals surface area (Å²) >= 11 is 3.40. The first-order valence-corrected chi connectivity index (χ1v) is 7.90. The van der Waals surface area contributed by atoms with Gasteiger partial charge in [-0.3, -0.25) is 4.79 Å². The fraction of sp³-hybridized carbons (Fsp3) is 0.500. The van der Waals surface area contributed by atoms with E-state index >= 15 is 0 Å². The quantitative estimate of drug-likeness (QED) is 0.808. The summed E-state index contributed by atoms with van der Waals surface area (Å²) in [6.45, 7) is 6.34. The van der Waals surface area contributed by atoms with E-state index in [1.165, 1.54) is 4.90 Å². The zero-order valence-electron chi connectivity index (χ0n) is 13.4. The molecule has 5 nitrogen and oxygen atoms in total. The van der Waals surface area contributed by atoms with Crippen LogP contribution < -0.4 is 5.32 Å². The molecule has 0 radical (unpaired) electrons. The fourth-order valence-corrected chi connectivity index (χ4v) is 2.27. The second-order valence-corrected chi connectivity index (χ2v) is 7.08. The summed E-state index contributed by atoms with van der Waals surface area (Å²) in [7, 11) is 1.60. The van der Waals surface area contributed by atoms with Crippen LogP contribution in [0.15, 0.2) is 28.7 Å². The molecule has 0 bridgehead atoms.